The van der Waals surface area contributed by atoms with Crippen LogP contribution in [0.2, 0.25) is 0 Å². The maximum atomic E-state index is 14.5. The van der Waals surface area contributed by atoms with E-state index >= 15 is 0 Å². The maximum absolute atomic E-state index is 14.5. The molecule has 0 atom stereocenters. The lowest BCUT2D eigenvalue weighted by Gasteiger charge is -2.31. The second-order valence-electron chi connectivity index (χ2n) is 8.19. The van der Waals surface area contributed by atoms with E-state index in [4.69, 9.17) is 5.11 Å². The Hall–Kier alpha value is -2.74. The molecule has 0 unspecified atom stereocenters. The lowest BCUT2D eigenvalue weighted by atomic mass is 9.86. The van der Waals surface area contributed by atoms with E-state index in [1.165, 1.54) is 6.20 Å². The van der Waals surface area contributed by atoms with Gasteiger partial charge in [0, 0.05) is 30.4 Å². The molecule has 0 spiro atoms. The number of carboxylic acid groups (broad SMARTS) is 1. The van der Waals surface area contributed by atoms with Gasteiger partial charge in [0.2, 0.25) is 5.95 Å². The normalized spacial score (nSPS) is 22.7. The number of carboxylic acids is 1. The Bertz CT molecular complexity index is 894. The fourth-order valence-electron chi connectivity index (χ4n) is 4.28. The number of aromatic nitrogens is 2. The van der Waals surface area contributed by atoms with Gasteiger partial charge in [0.05, 0.1) is 18.2 Å². The van der Waals surface area contributed by atoms with Crippen molar-refractivity contribution < 1.29 is 19.4 Å². The minimum Gasteiger partial charge on any atom is -0.481 e. The van der Waals surface area contributed by atoms with Crippen molar-refractivity contribution in [3.05, 3.63) is 36.3 Å². The molecule has 0 bridgehead atoms. The number of aliphatic hydroxyl groups is 1. The standard InChI is InChI=1S/C22H27FN4O3/c23-19-13-24-22(25-16-6-4-14(5-7-16)21(29)30)26-20(19)15-2-1-3-17(12-15)27-10-8-18(28)9-11-27/h1-3,12-14,16,18,28H,4-11H2,(H,29,30)(H,24,25,26). The van der Waals surface area contributed by atoms with Crippen molar-refractivity contribution in [2.45, 2.75) is 50.7 Å². The van der Waals surface area contributed by atoms with Crippen molar-refractivity contribution in [3.63, 3.8) is 0 Å². The molecule has 8 heteroatoms. The summed E-state index contributed by atoms with van der Waals surface area (Å²) >= 11 is 0. The van der Waals surface area contributed by atoms with Gasteiger partial charge in [-0.3, -0.25) is 4.79 Å². The van der Waals surface area contributed by atoms with E-state index < -0.39 is 11.8 Å². The average Bonchev–Trinajstić information content (AvgIpc) is 2.76. The summed E-state index contributed by atoms with van der Waals surface area (Å²) in [7, 11) is 0. The number of aliphatic carboxylic acids is 1. The number of hydrogen-bond acceptors (Lipinski definition) is 6. The largest absolute Gasteiger partial charge is 0.481 e. The molecule has 7 nitrogen and oxygen atoms in total. The molecular weight excluding hydrogens is 387 g/mol. The first kappa shape index (κ1) is 20.5. The molecule has 1 saturated heterocycles. The number of nitrogens with one attached hydrogen (secondary N) is 1. The van der Waals surface area contributed by atoms with Gasteiger partial charge >= 0.3 is 5.97 Å². The average molecular weight is 414 g/mol. The lowest BCUT2D eigenvalue weighted by Crippen LogP contribution is -2.35. The first-order valence-corrected chi connectivity index (χ1v) is 10.5. The molecule has 1 aromatic carbocycles. The number of carbonyl (C=O) groups is 1. The summed E-state index contributed by atoms with van der Waals surface area (Å²) in [4.78, 5) is 21.8. The molecular formula is C22H27FN4O3. The molecule has 1 aliphatic heterocycles. The van der Waals surface area contributed by atoms with Crippen LogP contribution < -0.4 is 10.2 Å². The zero-order chi connectivity index (χ0) is 21.1. The van der Waals surface area contributed by atoms with E-state index in [1.54, 1.807) is 0 Å². The van der Waals surface area contributed by atoms with Gasteiger partial charge in [-0.1, -0.05) is 12.1 Å². The molecule has 1 saturated carbocycles. The van der Waals surface area contributed by atoms with Crippen molar-refractivity contribution in [1.29, 1.82) is 0 Å². The molecule has 2 aliphatic rings. The van der Waals surface area contributed by atoms with Crippen LogP contribution in [0.15, 0.2) is 30.5 Å². The summed E-state index contributed by atoms with van der Waals surface area (Å²) in [6.07, 6.45) is 5.07. The van der Waals surface area contributed by atoms with Crippen molar-refractivity contribution in [2.24, 2.45) is 5.92 Å². The molecule has 3 N–H and O–H groups in total. The Balaban J connectivity index is 1.48. The number of anilines is 2. The highest BCUT2D eigenvalue weighted by atomic mass is 19.1. The van der Waals surface area contributed by atoms with Crippen LogP contribution in [0.25, 0.3) is 11.3 Å². The van der Waals surface area contributed by atoms with E-state index in [-0.39, 0.29) is 23.8 Å². The van der Waals surface area contributed by atoms with Crippen LogP contribution in [-0.4, -0.2) is 51.4 Å². The van der Waals surface area contributed by atoms with Crippen LogP contribution in [0.3, 0.4) is 0 Å². The quantitative estimate of drug-likeness (QED) is 0.690. The molecule has 2 fully saturated rings. The summed E-state index contributed by atoms with van der Waals surface area (Å²) in [5, 5.41) is 22.1. The number of benzene rings is 1. The minimum absolute atomic E-state index is 0.0880. The lowest BCUT2D eigenvalue weighted by molar-refractivity contribution is -0.142. The van der Waals surface area contributed by atoms with Crippen molar-refractivity contribution >= 4 is 17.6 Å². The Morgan fingerprint density at radius 2 is 1.87 bits per heavy atom. The van der Waals surface area contributed by atoms with Crippen molar-refractivity contribution in [2.75, 3.05) is 23.3 Å². The van der Waals surface area contributed by atoms with Gasteiger partial charge in [0.15, 0.2) is 5.82 Å². The highest BCUT2D eigenvalue weighted by molar-refractivity contribution is 5.70. The third-order valence-corrected chi connectivity index (χ3v) is 6.10. The number of piperidine rings is 1. The molecule has 160 valence electrons. The van der Waals surface area contributed by atoms with Gasteiger partial charge in [-0.05, 0) is 50.7 Å². The summed E-state index contributed by atoms with van der Waals surface area (Å²) in [5.74, 6) is -1.15. The second-order valence-corrected chi connectivity index (χ2v) is 8.19. The highest BCUT2D eigenvalue weighted by Crippen LogP contribution is 2.29. The third kappa shape index (κ3) is 4.70. The zero-order valence-corrected chi connectivity index (χ0v) is 16.8. The SMILES string of the molecule is O=C(O)C1CCC(Nc2ncc(F)c(-c3cccc(N4CCC(O)CC4)c3)n2)CC1. The van der Waals surface area contributed by atoms with E-state index in [0.29, 0.717) is 24.4 Å². The predicted molar refractivity (Wildman–Crippen MR) is 112 cm³/mol. The van der Waals surface area contributed by atoms with E-state index in [0.717, 1.165) is 44.5 Å². The van der Waals surface area contributed by atoms with Gasteiger partial charge in [-0.15, -0.1) is 0 Å². The monoisotopic (exact) mass is 414 g/mol. The number of halogens is 1. The van der Waals surface area contributed by atoms with E-state index in [9.17, 15) is 14.3 Å². The van der Waals surface area contributed by atoms with E-state index in [1.807, 2.05) is 24.3 Å². The summed E-state index contributed by atoms with van der Waals surface area (Å²) < 4.78 is 14.5. The number of hydrogen-bond donors (Lipinski definition) is 3. The highest BCUT2D eigenvalue weighted by Gasteiger charge is 2.26. The van der Waals surface area contributed by atoms with Crippen LogP contribution in [0, 0.1) is 11.7 Å². The van der Waals surface area contributed by atoms with Gasteiger partial charge in [-0.25, -0.2) is 14.4 Å². The van der Waals surface area contributed by atoms with E-state index in [2.05, 4.69) is 20.2 Å². The molecule has 0 amide bonds. The molecule has 4 rings (SSSR count). The predicted octanol–water partition coefficient (Wildman–Crippen LogP) is 3.30. The van der Waals surface area contributed by atoms with Gasteiger partial charge in [0.25, 0.3) is 0 Å². The van der Waals surface area contributed by atoms with Gasteiger partial charge in [-0.2, -0.15) is 0 Å². The zero-order valence-electron chi connectivity index (χ0n) is 16.8. The molecule has 2 heterocycles. The Morgan fingerprint density at radius 1 is 1.13 bits per heavy atom. The smallest absolute Gasteiger partial charge is 0.306 e. The third-order valence-electron chi connectivity index (χ3n) is 6.10. The van der Waals surface area contributed by atoms with Crippen molar-refractivity contribution in [1.82, 2.24) is 9.97 Å². The van der Waals surface area contributed by atoms with Crippen LogP contribution in [0.5, 0.6) is 0 Å². The van der Waals surface area contributed by atoms with Crippen LogP contribution in [-0.2, 0) is 4.79 Å². The van der Waals surface area contributed by atoms with Crippen LogP contribution in [0.4, 0.5) is 16.0 Å². The Morgan fingerprint density at radius 3 is 2.57 bits per heavy atom. The number of aliphatic hydroxyl groups excluding tert-OH is 1. The summed E-state index contributed by atoms with van der Waals surface area (Å²) in [6, 6.07) is 7.71. The Labute approximate surface area is 175 Å². The second kappa shape index (κ2) is 8.95. The van der Waals surface area contributed by atoms with Crippen LogP contribution >= 0.6 is 0 Å². The topological polar surface area (TPSA) is 98.6 Å². The minimum atomic E-state index is -0.739. The molecule has 0 radical (unpaired) electrons. The molecule has 2 aromatic rings. The first-order chi connectivity index (χ1) is 14.5. The van der Waals surface area contributed by atoms with Gasteiger partial charge < -0.3 is 20.4 Å². The summed E-state index contributed by atoms with van der Waals surface area (Å²) in [6.45, 7) is 1.53. The fourth-order valence-corrected chi connectivity index (χ4v) is 4.28. The fraction of sp³-hybridized carbons (Fsp3) is 0.500. The maximum Gasteiger partial charge on any atom is 0.306 e. The van der Waals surface area contributed by atoms with Gasteiger partial charge in [0.1, 0.15) is 5.69 Å². The number of nitrogens with zero attached hydrogens (tertiary/aromatic N) is 3. The van der Waals surface area contributed by atoms with Crippen molar-refractivity contribution in [3.8, 4) is 11.3 Å². The van der Waals surface area contributed by atoms with Crippen LogP contribution in [0.1, 0.15) is 38.5 Å². The first-order valence-electron chi connectivity index (χ1n) is 10.5. The molecule has 1 aromatic heterocycles. The number of rotatable bonds is 5. The summed E-state index contributed by atoms with van der Waals surface area (Å²) in [5.41, 5.74) is 1.90. The molecule has 1 aliphatic carbocycles. The Kier molecular flexibility index (Phi) is 6.13. The molecule has 30 heavy (non-hydrogen) atoms.